The summed E-state index contributed by atoms with van der Waals surface area (Å²) in [7, 11) is 0. The van der Waals surface area contributed by atoms with Crippen molar-refractivity contribution in [2.45, 2.75) is 75.6 Å². The minimum atomic E-state index is -4.98. The molecule has 2 saturated heterocycles. The first-order chi connectivity index (χ1) is 23.9. The molecule has 3 fully saturated rings. The molecule has 3 aromatic carbocycles. The first kappa shape index (κ1) is 34.3. The van der Waals surface area contributed by atoms with Crippen molar-refractivity contribution in [2.75, 3.05) is 26.2 Å². The smallest absolute Gasteiger partial charge is 0.406 e. The van der Waals surface area contributed by atoms with E-state index in [1.165, 1.54) is 37.5 Å². The van der Waals surface area contributed by atoms with Gasteiger partial charge in [-0.05, 0) is 94.5 Å². The molecule has 6 nitrogen and oxygen atoms in total. The first-order valence-electron chi connectivity index (χ1n) is 17.1. The number of hydrogen-bond acceptors (Lipinski definition) is 5. The Hall–Kier alpha value is -4.16. The third-order valence-corrected chi connectivity index (χ3v) is 10.3. The number of halogens is 6. The number of fused-ring (bicyclic) bond motifs is 1. The normalized spacial score (nSPS) is 19.0. The zero-order valence-electron chi connectivity index (χ0n) is 27.4. The van der Waals surface area contributed by atoms with Crippen LogP contribution in [0, 0.1) is 0 Å². The summed E-state index contributed by atoms with van der Waals surface area (Å²) in [6, 6.07) is 18.2. The van der Waals surface area contributed by atoms with E-state index in [2.05, 4.69) is 19.9 Å². The third-order valence-electron chi connectivity index (χ3n) is 10.3. The Morgan fingerprint density at radius 3 is 2.24 bits per heavy atom. The number of carbonyl (C=O) groups excluding carboxylic acids is 1. The average Bonchev–Trinajstić information content (AvgIpc) is 3.88. The minimum absolute atomic E-state index is 0.00132. The topological polar surface area (TPSA) is 57.7 Å². The zero-order chi connectivity index (χ0) is 35.1. The van der Waals surface area contributed by atoms with Crippen LogP contribution in [0.1, 0.15) is 72.0 Å². The van der Waals surface area contributed by atoms with Crippen molar-refractivity contribution in [3.05, 3.63) is 95.1 Å². The molecule has 7 rings (SSSR count). The molecule has 12 heteroatoms. The van der Waals surface area contributed by atoms with Crippen molar-refractivity contribution >= 4 is 16.8 Å². The van der Waals surface area contributed by atoms with Crippen molar-refractivity contribution < 1.29 is 35.9 Å². The van der Waals surface area contributed by atoms with Gasteiger partial charge in [-0.15, -0.1) is 13.2 Å². The highest BCUT2D eigenvalue weighted by Gasteiger charge is 2.46. The lowest BCUT2D eigenvalue weighted by Gasteiger charge is -2.40. The van der Waals surface area contributed by atoms with E-state index in [1.807, 2.05) is 30.3 Å². The van der Waals surface area contributed by atoms with E-state index in [0.29, 0.717) is 37.5 Å². The van der Waals surface area contributed by atoms with E-state index in [4.69, 9.17) is 4.98 Å². The number of likely N-dealkylation sites (tertiary alicyclic amines) is 2. The van der Waals surface area contributed by atoms with Crippen LogP contribution in [0.15, 0.2) is 72.8 Å². The second-order valence-corrected chi connectivity index (χ2v) is 13.6. The lowest BCUT2D eigenvalue weighted by molar-refractivity contribution is -0.274. The van der Waals surface area contributed by atoms with Crippen LogP contribution in [0.3, 0.4) is 0 Å². The van der Waals surface area contributed by atoms with E-state index < -0.39 is 35.3 Å². The van der Waals surface area contributed by atoms with Crippen molar-refractivity contribution in [3.8, 4) is 17.0 Å². The number of pyridine rings is 1. The summed E-state index contributed by atoms with van der Waals surface area (Å²) >= 11 is 0. The molecule has 0 bridgehead atoms. The predicted molar refractivity (Wildman–Crippen MR) is 177 cm³/mol. The molecule has 1 saturated carbocycles. The zero-order valence-corrected chi connectivity index (χ0v) is 27.4. The number of aromatic nitrogens is 1. The van der Waals surface area contributed by atoms with Crippen molar-refractivity contribution in [2.24, 2.45) is 0 Å². The number of carbonyl (C=O) groups is 1. The lowest BCUT2D eigenvalue weighted by Crippen LogP contribution is -2.46. The van der Waals surface area contributed by atoms with E-state index in [9.17, 15) is 31.1 Å². The van der Waals surface area contributed by atoms with Gasteiger partial charge in [0.25, 0.3) is 5.91 Å². The molecule has 1 aromatic heterocycles. The van der Waals surface area contributed by atoms with E-state index in [0.717, 1.165) is 55.8 Å². The molecule has 3 aliphatic rings. The highest BCUT2D eigenvalue weighted by Crippen LogP contribution is 2.46. The summed E-state index contributed by atoms with van der Waals surface area (Å²) in [6.07, 6.45) is -2.82. The fourth-order valence-corrected chi connectivity index (χ4v) is 7.57. The number of ether oxygens (including phenoxy) is 1. The van der Waals surface area contributed by atoms with Gasteiger partial charge in [-0.1, -0.05) is 48.9 Å². The van der Waals surface area contributed by atoms with E-state index >= 15 is 0 Å². The Morgan fingerprint density at radius 1 is 0.860 bits per heavy atom. The predicted octanol–water partition coefficient (Wildman–Crippen LogP) is 8.69. The number of nitrogens with one attached hydrogen (secondary N) is 1. The second kappa shape index (κ2) is 13.5. The van der Waals surface area contributed by atoms with Gasteiger partial charge in [0.15, 0.2) is 0 Å². The summed E-state index contributed by atoms with van der Waals surface area (Å²) in [5, 5.41) is 3.49. The summed E-state index contributed by atoms with van der Waals surface area (Å²) in [5.74, 6) is -1.01. The number of amides is 1. The van der Waals surface area contributed by atoms with Gasteiger partial charge in [-0.3, -0.25) is 9.69 Å². The summed E-state index contributed by atoms with van der Waals surface area (Å²) in [5.41, 5.74) is 0.231. The highest BCUT2D eigenvalue weighted by atomic mass is 19.4. The molecule has 264 valence electrons. The van der Waals surface area contributed by atoms with Gasteiger partial charge in [0, 0.05) is 35.2 Å². The summed E-state index contributed by atoms with van der Waals surface area (Å²) < 4.78 is 85.8. The molecule has 50 heavy (non-hydrogen) atoms. The number of rotatable bonds is 8. The Labute approximate surface area is 286 Å². The van der Waals surface area contributed by atoms with Gasteiger partial charge in [0.1, 0.15) is 5.75 Å². The Kier molecular flexibility index (Phi) is 9.27. The van der Waals surface area contributed by atoms with Gasteiger partial charge in [-0.25, -0.2) is 4.98 Å². The Balaban J connectivity index is 1.34. The van der Waals surface area contributed by atoms with Gasteiger partial charge in [0.05, 0.1) is 27.9 Å². The molecule has 2 aliphatic heterocycles. The van der Waals surface area contributed by atoms with Crippen LogP contribution in [-0.4, -0.2) is 59.3 Å². The molecule has 1 amide bonds. The van der Waals surface area contributed by atoms with Crippen LogP contribution in [0.4, 0.5) is 26.3 Å². The van der Waals surface area contributed by atoms with Gasteiger partial charge in [-0.2, -0.15) is 13.2 Å². The monoisotopic (exact) mass is 696 g/mol. The molecule has 1 aliphatic carbocycles. The molecule has 3 heterocycles. The van der Waals surface area contributed by atoms with Crippen LogP contribution in [-0.2, 0) is 18.3 Å². The molecule has 4 aromatic rings. The van der Waals surface area contributed by atoms with Crippen LogP contribution in [0.25, 0.3) is 22.2 Å². The Bertz CT molecular complexity index is 1840. The maximum absolute atomic E-state index is 14.6. The van der Waals surface area contributed by atoms with Crippen molar-refractivity contribution in [1.29, 1.82) is 0 Å². The van der Waals surface area contributed by atoms with Gasteiger partial charge in [0.2, 0.25) is 0 Å². The molecular weight excluding hydrogens is 658 g/mol. The minimum Gasteiger partial charge on any atom is -0.406 e. The Morgan fingerprint density at radius 2 is 1.58 bits per heavy atom. The molecule has 0 atom stereocenters. The van der Waals surface area contributed by atoms with Crippen LogP contribution in [0.5, 0.6) is 5.75 Å². The first-order valence-corrected chi connectivity index (χ1v) is 17.1. The van der Waals surface area contributed by atoms with Gasteiger partial charge >= 0.3 is 12.5 Å². The maximum Gasteiger partial charge on any atom is 0.573 e. The van der Waals surface area contributed by atoms with Crippen LogP contribution >= 0.6 is 0 Å². The summed E-state index contributed by atoms with van der Waals surface area (Å²) in [4.78, 5) is 24.0. The van der Waals surface area contributed by atoms with E-state index in [-0.39, 0.29) is 34.3 Å². The number of hydrogen-bond donors (Lipinski definition) is 1. The maximum atomic E-state index is 14.6. The molecule has 1 N–H and O–H groups in total. The highest BCUT2D eigenvalue weighted by molar-refractivity contribution is 6.09. The standard InChI is InChI=1S/C38H38F6N4O2/c39-37(40,41)27-11-7-8-25(22-27)34-31(24-47-20-14-28(15-21-47)48-18-5-2-6-19-48)33(30-13-12-29(23-32(30)45-34)50-38(42,43)44)35(49)46-36(16-17-36)26-9-3-1-4-10-26/h1,3-4,7-13,22-23,28H,2,5-6,14-21,24H2,(H,46,49). The number of piperidine rings is 2. The second-order valence-electron chi connectivity index (χ2n) is 13.6. The van der Waals surface area contributed by atoms with Crippen molar-refractivity contribution in [3.63, 3.8) is 0 Å². The summed E-state index contributed by atoms with van der Waals surface area (Å²) in [6.45, 7) is 3.81. The lowest BCUT2D eigenvalue weighted by atomic mass is 9.93. The molecule has 0 unspecified atom stereocenters. The van der Waals surface area contributed by atoms with Crippen LogP contribution in [0.2, 0.25) is 0 Å². The van der Waals surface area contributed by atoms with Crippen LogP contribution < -0.4 is 10.1 Å². The fraction of sp³-hybridized carbons (Fsp3) is 0.421. The van der Waals surface area contributed by atoms with Gasteiger partial charge < -0.3 is 15.0 Å². The number of nitrogens with zero attached hydrogens (tertiary/aromatic N) is 3. The van der Waals surface area contributed by atoms with Crippen molar-refractivity contribution in [1.82, 2.24) is 20.1 Å². The molecule has 0 spiro atoms. The SMILES string of the molecule is O=C(NC1(c2ccccc2)CC1)c1c(CN2CCC(N3CCCCC3)CC2)c(-c2cccc(C(F)(F)F)c2)nc2cc(OC(F)(F)F)ccc12. The average molecular weight is 697 g/mol. The molecule has 0 radical (unpaired) electrons. The number of benzene rings is 3. The quantitative estimate of drug-likeness (QED) is 0.187. The largest absolute Gasteiger partial charge is 0.573 e. The fourth-order valence-electron chi connectivity index (χ4n) is 7.57. The van der Waals surface area contributed by atoms with E-state index in [1.54, 1.807) is 0 Å². The number of alkyl halides is 6. The third kappa shape index (κ3) is 7.46. The molecular formula is C38H38F6N4O2.